The molecule has 2 aromatic carbocycles. The highest BCUT2D eigenvalue weighted by Gasteiger charge is 2.09. The van der Waals surface area contributed by atoms with Gasteiger partial charge in [-0.15, -0.1) is 11.8 Å². The van der Waals surface area contributed by atoms with Gasteiger partial charge in [0.15, 0.2) is 0 Å². The predicted molar refractivity (Wildman–Crippen MR) is 93.8 cm³/mol. The summed E-state index contributed by atoms with van der Waals surface area (Å²) < 4.78 is 5.10. The van der Waals surface area contributed by atoms with E-state index < -0.39 is 6.03 Å². The fourth-order valence-electron chi connectivity index (χ4n) is 2.19. The molecule has 0 saturated carbocycles. The smallest absolute Gasteiger partial charge is 0.321 e. The summed E-state index contributed by atoms with van der Waals surface area (Å²) in [6, 6.07) is 17.0. The van der Waals surface area contributed by atoms with Crippen molar-refractivity contribution in [3.05, 3.63) is 66.6 Å². The van der Waals surface area contributed by atoms with Gasteiger partial charge in [-0.25, -0.2) is 4.79 Å². The van der Waals surface area contributed by atoms with E-state index in [4.69, 9.17) is 4.42 Å². The van der Waals surface area contributed by atoms with Crippen molar-refractivity contribution >= 4 is 34.5 Å². The first-order valence-electron chi connectivity index (χ1n) is 7.42. The second-order valence-electron chi connectivity index (χ2n) is 5.11. The Morgan fingerprint density at radius 1 is 1.00 bits per heavy atom. The molecule has 0 fully saturated rings. The number of imide groups is 1. The van der Waals surface area contributed by atoms with Gasteiger partial charge >= 0.3 is 6.03 Å². The summed E-state index contributed by atoms with van der Waals surface area (Å²) in [6.07, 6.45) is 1.53. The van der Waals surface area contributed by atoms with E-state index in [1.165, 1.54) is 18.0 Å². The van der Waals surface area contributed by atoms with Crippen LogP contribution in [0.15, 0.2) is 70.2 Å². The van der Waals surface area contributed by atoms with Gasteiger partial charge in [-0.1, -0.05) is 30.3 Å². The Labute approximate surface area is 143 Å². The number of rotatable bonds is 5. The largest absolute Gasteiger partial charge is 0.467 e. The van der Waals surface area contributed by atoms with Crippen LogP contribution < -0.4 is 10.6 Å². The van der Waals surface area contributed by atoms with E-state index in [9.17, 15) is 9.59 Å². The lowest BCUT2D eigenvalue weighted by Crippen LogP contribution is -2.39. The molecule has 0 radical (unpaired) electrons. The third kappa shape index (κ3) is 4.39. The van der Waals surface area contributed by atoms with Crippen molar-refractivity contribution in [1.29, 1.82) is 0 Å². The van der Waals surface area contributed by atoms with E-state index in [0.29, 0.717) is 5.76 Å². The fourth-order valence-corrected chi connectivity index (χ4v) is 2.94. The minimum Gasteiger partial charge on any atom is -0.467 e. The van der Waals surface area contributed by atoms with Crippen molar-refractivity contribution < 1.29 is 14.0 Å². The molecule has 2 N–H and O–H groups in total. The highest BCUT2D eigenvalue weighted by Crippen LogP contribution is 2.23. The maximum Gasteiger partial charge on any atom is 0.321 e. The van der Waals surface area contributed by atoms with E-state index in [0.717, 1.165) is 15.7 Å². The predicted octanol–water partition coefficient (Wildman–Crippen LogP) is 3.55. The number of benzene rings is 2. The molecule has 0 spiro atoms. The van der Waals surface area contributed by atoms with E-state index >= 15 is 0 Å². The Kier molecular flexibility index (Phi) is 5.18. The molecular formula is C18H16N2O3S. The van der Waals surface area contributed by atoms with Crippen molar-refractivity contribution in [2.75, 3.05) is 5.75 Å². The molecule has 0 bridgehead atoms. The van der Waals surface area contributed by atoms with Crippen molar-refractivity contribution in [2.45, 2.75) is 11.4 Å². The summed E-state index contributed by atoms with van der Waals surface area (Å²) in [5, 5.41) is 7.14. The molecule has 24 heavy (non-hydrogen) atoms. The van der Waals surface area contributed by atoms with E-state index in [1.54, 1.807) is 12.1 Å². The zero-order valence-electron chi connectivity index (χ0n) is 12.8. The molecule has 0 atom stereocenters. The van der Waals surface area contributed by atoms with Gasteiger partial charge in [-0.3, -0.25) is 10.1 Å². The van der Waals surface area contributed by atoms with Crippen LogP contribution in [-0.4, -0.2) is 17.7 Å². The van der Waals surface area contributed by atoms with E-state index in [2.05, 4.69) is 10.6 Å². The van der Waals surface area contributed by atoms with Gasteiger partial charge in [-0.05, 0) is 35.0 Å². The van der Waals surface area contributed by atoms with Crippen LogP contribution >= 0.6 is 11.8 Å². The van der Waals surface area contributed by atoms with Crippen molar-refractivity contribution in [2.24, 2.45) is 0 Å². The van der Waals surface area contributed by atoms with Crippen LogP contribution in [0.25, 0.3) is 10.8 Å². The Hall–Kier alpha value is -2.73. The van der Waals surface area contributed by atoms with E-state index in [1.807, 2.05) is 42.5 Å². The molecule has 122 valence electrons. The summed E-state index contributed by atoms with van der Waals surface area (Å²) in [5.41, 5.74) is 0. The molecule has 5 nitrogen and oxygen atoms in total. The van der Waals surface area contributed by atoms with Gasteiger partial charge in [0.1, 0.15) is 5.76 Å². The SMILES string of the molecule is O=C(CSc1ccc2ccccc2c1)NC(=O)NCc1ccco1. The molecule has 0 saturated heterocycles. The number of amides is 3. The van der Waals surface area contributed by atoms with Gasteiger partial charge in [0.05, 0.1) is 18.6 Å². The number of carbonyl (C=O) groups excluding carboxylic acids is 2. The monoisotopic (exact) mass is 340 g/mol. The second kappa shape index (κ2) is 7.70. The first kappa shape index (κ1) is 16.1. The van der Waals surface area contributed by atoms with Crippen LogP contribution in [-0.2, 0) is 11.3 Å². The van der Waals surface area contributed by atoms with Crippen LogP contribution in [0, 0.1) is 0 Å². The van der Waals surface area contributed by atoms with E-state index in [-0.39, 0.29) is 18.2 Å². The van der Waals surface area contributed by atoms with Crippen LogP contribution in [0.1, 0.15) is 5.76 Å². The number of fused-ring (bicyclic) bond motifs is 1. The number of thioether (sulfide) groups is 1. The fraction of sp³-hybridized carbons (Fsp3) is 0.111. The molecule has 3 aromatic rings. The Bertz CT molecular complexity index is 846. The number of carbonyl (C=O) groups is 2. The maximum atomic E-state index is 11.8. The van der Waals surface area contributed by atoms with Crippen molar-refractivity contribution in [3.8, 4) is 0 Å². The maximum absolute atomic E-state index is 11.8. The molecule has 3 amide bonds. The number of hydrogen-bond donors (Lipinski definition) is 2. The van der Waals surface area contributed by atoms with Crippen LogP contribution in [0.3, 0.4) is 0 Å². The van der Waals surface area contributed by atoms with Crippen molar-refractivity contribution in [1.82, 2.24) is 10.6 Å². The molecule has 0 unspecified atom stereocenters. The number of furan rings is 1. The zero-order chi connectivity index (χ0) is 16.8. The van der Waals surface area contributed by atoms with Gasteiger partial charge in [0, 0.05) is 4.90 Å². The van der Waals surface area contributed by atoms with Crippen LogP contribution in [0.2, 0.25) is 0 Å². The molecule has 6 heteroatoms. The Morgan fingerprint density at radius 3 is 2.62 bits per heavy atom. The minimum absolute atomic E-state index is 0.173. The highest BCUT2D eigenvalue weighted by atomic mass is 32.2. The molecule has 0 aliphatic rings. The lowest BCUT2D eigenvalue weighted by atomic mass is 10.1. The third-order valence-electron chi connectivity index (χ3n) is 3.35. The van der Waals surface area contributed by atoms with Gasteiger partial charge in [0.2, 0.25) is 5.91 Å². The Balaban J connectivity index is 1.46. The first-order chi connectivity index (χ1) is 11.7. The summed E-state index contributed by atoms with van der Waals surface area (Å²) >= 11 is 1.39. The molecule has 0 aliphatic carbocycles. The molecular weight excluding hydrogens is 324 g/mol. The summed E-state index contributed by atoms with van der Waals surface area (Å²) in [6.45, 7) is 0.240. The molecule has 1 aromatic heterocycles. The number of hydrogen-bond acceptors (Lipinski definition) is 4. The van der Waals surface area contributed by atoms with Gasteiger partial charge in [0.25, 0.3) is 0 Å². The van der Waals surface area contributed by atoms with Gasteiger partial charge < -0.3 is 9.73 Å². The molecule has 0 aliphatic heterocycles. The molecule has 1 heterocycles. The number of urea groups is 1. The average molecular weight is 340 g/mol. The van der Waals surface area contributed by atoms with Crippen LogP contribution in [0.5, 0.6) is 0 Å². The zero-order valence-corrected chi connectivity index (χ0v) is 13.6. The van der Waals surface area contributed by atoms with Crippen LogP contribution in [0.4, 0.5) is 4.79 Å². The lowest BCUT2D eigenvalue weighted by Gasteiger charge is -2.06. The normalized spacial score (nSPS) is 10.5. The third-order valence-corrected chi connectivity index (χ3v) is 4.34. The summed E-state index contributed by atoms with van der Waals surface area (Å²) in [7, 11) is 0. The minimum atomic E-state index is -0.532. The summed E-state index contributed by atoms with van der Waals surface area (Å²) in [4.78, 5) is 24.5. The van der Waals surface area contributed by atoms with Crippen molar-refractivity contribution in [3.63, 3.8) is 0 Å². The average Bonchev–Trinajstić information content (AvgIpc) is 3.11. The highest BCUT2D eigenvalue weighted by molar-refractivity contribution is 8.00. The number of nitrogens with one attached hydrogen (secondary N) is 2. The molecule has 3 rings (SSSR count). The summed E-state index contributed by atoms with van der Waals surface area (Å²) in [5.74, 6) is 0.459. The lowest BCUT2D eigenvalue weighted by molar-refractivity contribution is -0.117. The standard InChI is InChI=1S/C18H16N2O3S/c21-17(20-18(22)19-11-15-6-3-9-23-15)12-24-16-8-7-13-4-1-2-5-14(13)10-16/h1-10H,11-12H2,(H2,19,20,21,22). The topological polar surface area (TPSA) is 71.3 Å². The second-order valence-corrected chi connectivity index (χ2v) is 6.16. The Morgan fingerprint density at radius 2 is 1.83 bits per heavy atom. The first-order valence-corrected chi connectivity index (χ1v) is 8.41. The van der Waals surface area contributed by atoms with Gasteiger partial charge in [-0.2, -0.15) is 0 Å². The quantitative estimate of drug-likeness (QED) is 0.697.